The predicted molar refractivity (Wildman–Crippen MR) is 91.8 cm³/mol. The maximum absolute atomic E-state index is 14.1. The normalized spacial score (nSPS) is 19.2. The van der Waals surface area contributed by atoms with E-state index in [1.54, 1.807) is 12.1 Å². The molecule has 0 aliphatic carbocycles. The molecule has 1 N–H and O–H groups in total. The second-order valence-corrected chi connectivity index (χ2v) is 6.78. The van der Waals surface area contributed by atoms with Gasteiger partial charge < -0.3 is 5.32 Å². The first-order chi connectivity index (χ1) is 10.8. The van der Waals surface area contributed by atoms with Crippen LogP contribution in [0.15, 0.2) is 33.1 Å². The van der Waals surface area contributed by atoms with Crippen molar-refractivity contribution >= 4 is 23.3 Å². The van der Waals surface area contributed by atoms with E-state index in [1.807, 2.05) is 12.3 Å². The van der Waals surface area contributed by atoms with Crippen molar-refractivity contribution in [1.82, 2.24) is 5.32 Å². The molecule has 0 radical (unpaired) electrons. The first-order valence-corrected chi connectivity index (χ1v) is 9.14. The van der Waals surface area contributed by atoms with Crippen LogP contribution in [0.1, 0.15) is 31.2 Å². The minimum atomic E-state index is -0.228. The first kappa shape index (κ1) is 15.7. The second-order valence-electron chi connectivity index (χ2n) is 5.90. The molecule has 0 amide bonds. The molecule has 3 nitrogen and oxygen atoms in total. The second kappa shape index (κ2) is 7.38. The summed E-state index contributed by atoms with van der Waals surface area (Å²) in [6.45, 7) is 2.89. The Labute approximate surface area is 135 Å². The number of nitrogens with one attached hydrogen (secondary N) is 1. The molecule has 0 unspecified atom stereocenters. The summed E-state index contributed by atoms with van der Waals surface area (Å²) in [4.78, 5) is 9.91. The van der Waals surface area contributed by atoms with Gasteiger partial charge in [-0.25, -0.2) is 9.38 Å². The van der Waals surface area contributed by atoms with Crippen LogP contribution in [-0.2, 0) is 0 Å². The Balaban J connectivity index is 1.60. The molecular weight excluding hydrogens is 297 g/mol. The van der Waals surface area contributed by atoms with Crippen LogP contribution in [-0.4, -0.2) is 37.4 Å². The Hall–Kier alpha value is -1.20. The third-order valence-electron chi connectivity index (χ3n) is 4.39. The van der Waals surface area contributed by atoms with Crippen molar-refractivity contribution < 1.29 is 4.39 Å². The number of rotatable bonds is 5. The quantitative estimate of drug-likeness (QED) is 0.843. The van der Waals surface area contributed by atoms with E-state index < -0.39 is 0 Å². The lowest BCUT2D eigenvalue weighted by Crippen LogP contribution is -2.28. The number of thioether (sulfide) groups is 1. The molecule has 22 heavy (non-hydrogen) atoms. The number of hydrogen-bond acceptors (Lipinski definition) is 4. The molecule has 2 heterocycles. The van der Waals surface area contributed by atoms with Gasteiger partial charge in [0.25, 0.3) is 0 Å². The minimum absolute atomic E-state index is 0.228. The van der Waals surface area contributed by atoms with E-state index in [1.165, 1.54) is 31.0 Å². The molecule has 3 rings (SSSR count). The molecule has 5 heteroatoms. The van der Waals surface area contributed by atoms with E-state index >= 15 is 0 Å². The van der Waals surface area contributed by atoms with Gasteiger partial charge in [-0.3, -0.25) is 4.99 Å². The Morgan fingerprint density at radius 3 is 2.86 bits per heavy atom. The Morgan fingerprint density at radius 1 is 1.32 bits per heavy atom. The van der Waals surface area contributed by atoms with Gasteiger partial charge in [0.05, 0.1) is 12.1 Å². The van der Waals surface area contributed by atoms with Crippen molar-refractivity contribution in [2.75, 3.05) is 25.9 Å². The van der Waals surface area contributed by atoms with Gasteiger partial charge in [0.15, 0.2) is 5.84 Å². The molecular formula is C17H22FN3S. The summed E-state index contributed by atoms with van der Waals surface area (Å²) in [5.41, 5.74) is 1.62. The van der Waals surface area contributed by atoms with Crippen molar-refractivity contribution in [2.24, 2.45) is 15.9 Å². The Kier molecular flexibility index (Phi) is 5.26. The summed E-state index contributed by atoms with van der Waals surface area (Å²) in [7, 11) is 0. The highest BCUT2D eigenvalue weighted by molar-refractivity contribution is 7.98. The molecule has 0 spiro atoms. The van der Waals surface area contributed by atoms with Crippen LogP contribution in [0.4, 0.5) is 4.39 Å². The van der Waals surface area contributed by atoms with Crippen LogP contribution in [0.25, 0.3) is 0 Å². The number of piperidine rings is 1. The third-order valence-corrected chi connectivity index (χ3v) is 5.12. The van der Waals surface area contributed by atoms with Gasteiger partial charge in [0, 0.05) is 10.6 Å². The number of benzene rings is 1. The molecule has 1 aromatic carbocycles. The fourth-order valence-corrected chi connectivity index (χ4v) is 3.44. The van der Waals surface area contributed by atoms with Crippen LogP contribution >= 0.6 is 11.8 Å². The zero-order chi connectivity index (χ0) is 15.4. The van der Waals surface area contributed by atoms with E-state index in [2.05, 4.69) is 15.3 Å². The van der Waals surface area contributed by atoms with Crippen LogP contribution in [0.2, 0.25) is 0 Å². The van der Waals surface area contributed by atoms with Crippen molar-refractivity contribution in [3.05, 3.63) is 29.6 Å². The number of halogens is 1. The lowest BCUT2D eigenvalue weighted by Gasteiger charge is -2.22. The lowest BCUT2D eigenvalue weighted by molar-refractivity contribution is 0.359. The summed E-state index contributed by atoms with van der Waals surface area (Å²) in [5, 5.41) is 3.39. The molecule has 2 aliphatic rings. The van der Waals surface area contributed by atoms with Gasteiger partial charge in [0.1, 0.15) is 5.82 Å². The van der Waals surface area contributed by atoms with Crippen molar-refractivity contribution in [3.8, 4) is 0 Å². The maximum atomic E-state index is 14.1. The van der Waals surface area contributed by atoms with Gasteiger partial charge in [-0.15, -0.1) is 11.8 Å². The third kappa shape index (κ3) is 3.76. The predicted octanol–water partition coefficient (Wildman–Crippen LogP) is 3.53. The molecule has 118 valence electrons. The molecule has 0 aromatic heterocycles. The highest BCUT2D eigenvalue weighted by atomic mass is 32.2. The molecule has 0 atom stereocenters. The molecule has 0 bridgehead atoms. The highest BCUT2D eigenvalue weighted by Gasteiger charge is 2.18. The van der Waals surface area contributed by atoms with Crippen molar-refractivity contribution in [3.63, 3.8) is 0 Å². The molecule has 2 aliphatic heterocycles. The van der Waals surface area contributed by atoms with Crippen molar-refractivity contribution in [1.29, 1.82) is 0 Å². The lowest BCUT2D eigenvalue weighted by atomic mass is 9.92. The SMILES string of the molecule is CSc1ccc(C2=NCC(CCC3CCNCC3)=N2)c(F)c1. The molecule has 1 saturated heterocycles. The molecule has 1 fully saturated rings. The zero-order valence-electron chi connectivity index (χ0n) is 12.9. The van der Waals surface area contributed by atoms with Gasteiger partial charge in [-0.05, 0) is 69.1 Å². The molecule has 1 aromatic rings. The summed E-state index contributed by atoms with van der Waals surface area (Å²) >= 11 is 1.54. The van der Waals surface area contributed by atoms with Gasteiger partial charge in [-0.2, -0.15) is 0 Å². The summed E-state index contributed by atoms with van der Waals surface area (Å²) < 4.78 is 14.1. The average Bonchev–Trinajstić information content (AvgIpc) is 3.02. The number of amidine groups is 1. The minimum Gasteiger partial charge on any atom is -0.317 e. The van der Waals surface area contributed by atoms with Gasteiger partial charge in [0.2, 0.25) is 0 Å². The van der Waals surface area contributed by atoms with E-state index in [4.69, 9.17) is 0 Å². The first-order valence-electron chi connectivity index (χ1n) is 7.92. The Morgan fingerprint density at radius 2 is 2.14 bits per heavy atom. The highest BCUT2D eigenvalue weighted by Crippen LogP contribution is 2.22. The van der Waals surface area contributed by atoms with E-state index in [9.17, 15) is 4.39 Å². The topological polar surface area (TPSA) is 36.8 Å². The summed E-state index contributed by atoms with van der Waals surface area (Å²) in [6, 6.07) is 5.28. The van der Waals surface area contributed by atoms with Crippen molar-refractivity contribution in [2.45, 2.75) is 30.6 Å². The van der Waals surface area contributed by atoms with E-state index in [-0.39, 0.29) is 5.82 Å². The standard InChI is InChI=1S/C17H22FN3S/c1-22-14-4-5-15(16(18)10-14)17-20-11-13(21-17)3-2-12-6-8-19-9-7-12/h4-5,10,12,19H,2-3,6-9,11H2,1H3. The summed E-state index contributed by atoms with van der Waals surface area (Å²) in [5.74, 6) is 1.13. The number of aliphatic imine (C=N–C) groups is 2. The van der Waals surface area contributed by atoms with Crippen LogP contribution in [0.5, 0.6) is 0 Å². The smallest absolute Gasteiger partial charge is 0.157 e. The fraction of sp³-hybridized carbons (Fsp3) is 0.529. The fourth-order valence-electron chi connectivity index (χ4n) is 3.01. The van der Waals surface area contributed by atoms with Gasteiger partial charge >= 0.3 is 0 Å². The number of nitrogens with zero attached hydrogens (tertiary/aromatic N) is 2. The zero-order valence-corrected chi connectivity index (χ0v) is 13.8. The van der Waals surface area contributed by atoms with E-state index in [0.717, 1.165) is 36.0 Å². The molecule has 0 saturated carbocycles. The number of hydrogen-bond donors (Lipinski definition) is 1. The monoisotopic (exact) mass is 319 g/mol. The van der Waals surface area contributed by atoms with Crippen LogP contribution in [0, 0.1) is 11.7 Å². The largest absolute Gasteiger partial charge is 0.317 e. The Bertz CT molecular complexity index is 592. The van der Waals surface area contributed by atoms with E-state index in [0.29, 0.717) is 17.9 Å². The summed E-state index contributed by atoms with van der Waals surface area (Å²) in [6.07, 6.45) is 6.62. The van der Waals surface area contributed by atoms with Crippen LogP contribution in [0.3, 0.4) is 0 Å². The maximum Gasteiger partial charge on any atom is 0.157 e. The van der Waals surface area contributed by atoms with Crippen LogP contribution < -0.4 is 5.32 Å². The average molecular weight is 319 g/mol. The van der Waals surface area contributed by atoms with Gasteiger partial charge in [-0.1, -0.05) is 0 Å².